The molecule has 0 aliphatic carbocycles. The Morgan fingerprint density at radius 1 is 1.25 bits per heavy atom. The molecule has 0 aliphatic rings. The van der Waals surface area contributed by atoms with Crippen LogP contribution in [-0.4, -0.2) is 11.8 Å². The first-order valence-corrected chi connectivity index (χ1v) is 7.02. The second-order valence-corrected chi connectivity index (χ2v) is 5.42. The lowest BCUT2D eigenvalue weighted by atomic mass is 10.2. The highest BCUT2D eigenvalue weighted by atomic mass is 127. The molecule has 0 atom stereocenters. The molecule has 2 rings (SSSR count). The smallest absolute Gasteiger partial charge is 0.313 e. The third-order valence-electron chi connectivity index (χ3n) is 2.65. The summed E-state index contributed by atoms with van der Waals surface area (Å²) in [6, 6.07) is 9.01. The molecule has 0 unspecified atom stereocenters. The summed E-state index contributed by atoms with van der Waals surface area (Å²) in [6.07, 6.45) is 1.51. The second-order valence-electron chi connectivity index (χ2n) is 4.18. The van der Waals surface area contributed by atoms with E-state index in [-0.39, 0.29) is 6.54 Å². The number of amides is 2. The Morgan fingerprint density at radius 3 is 2.70 bits per heavy atom. The van der Waals surface area contributed by atoms with Gasteiger partial charge in [0.25, 0.3) is 0 Å². The highest BCUT2D eigenvalue weighted by molar-refractivity contribution is 14.1. The Morgan fingerprint density at radius 2 is 2.05 bits per heavy atom. The molecule has 0 bridgehead atoms. The summed E-state index contributed by atoms with van der Waals surface area (Å²) in [5, 5.41) is 5.07. The predicted octanol–water partition coefficient (Wildman–Crippen LogP) is 2.45. The highest BCUT2D eigenvalue weighted by Crippen LogP contribution is 2.17. The van der Waals surface area contributed by atoms with Crippen molar-refractivity contribution in [1.82, 2.24) is 5.32 Å². The van der Waals surface area contributed by atoms with Crippen LogP contribution in [0.3, 0.4) is 0 Å². The van der Waals surface area contributed by atoms with Gasteiger partial charge in [-0.1, -0.05) is 0 Å². The van der Waals surface area contributed by atoms with Crippen molar-refractivity contribution in [2.45, 2.75) is 13.5 Å². The SMILES string of the molecule is Cc1cc(I)ccc1NC(=O)C(=O)NCc1ccco1. The fourth-order valence-electron chi connectivity index (χ4n) is 1.61. The van der Waals surface area contributed by atoms with Crippen LogP contribution in [0.5, 0.6) is 0 Å². The van der Waals surface area contributed by atoms with E-state index in [9.17, 15) is 9.59 Å². The van der Waals surface area contributed by atoms with Crippen LogP contribution in [0, 0.1) is 10.5 Å². The minimum Gasteiger partial charge on any atom is -0.467 e. The van der Waals surface area contributed by atoms with Gasteiger partial charge in [0.2, 0.25) is 0 Å². The minimum atomic E-state index is -0.695. The summed E-state index contributed by atoms with van der Waals surface area (Å²) in [5.41, 5.74) is 1.53. The molecule has 0 spiro atoms. The number of rotatable bonds is 3. The van der Waals surface area contributed by atoms with E-state index in [2.05, 4.69) is 33.2 Å². The number of anilines is 1. The zero-order chi connectivity index (χ0) is 14.5. The van der Waals surface area contributed by atoms with E-state index < -0.39 is 11.8 Å². The van der Waals surface area contributed by atoms with Crippen LogP contribution in [0.2, 0.25) is 0 Å². The molecular weight excluding hydrogens is 371 g/mol. The van der Waals surface area contributed by atoms with Gasteiger partial charge in [0.05, 0.1) is 12.8 Å². The fourth-order valence-corrected chi connectivity index (χ4v) is 2.25. The van der Waals surface area contributed by atoms with Gasteiger partial charge in [0.15, 0.2) is 0 Å². The average Bonchev–Trinajstić information content (AvgIpc) is 2.92. The van der Waals surface area contributed by atoms with E-state index in [1.165, 1.54) is 6.26 Å². The van der Waals surface area contributed by atoms with Crippen molar-refractivity contribution >= 4 is 40.1 Å². The molecule has 0 aliphatic heterocycles. The number of carbonyl (C=O) groups excluding carboxylic acids is 2. The number of carbonyl (C=O) groups is 2. The average molecular weight is 384 g/mol. The van der Waals surface area contributed by atoms with Crippen molar-refractivity contribution in [2.75, 3.05) is 5.32 Å². The van der Waals surface area contributed by atoms with E-state index in [1.54, 1.807) is 18.2 Å². The quantitative estimate of drug-likeness (QED) is 0.631. The molecule has 0 radical (unpaired) electrons. The van der Waals surface area contributed by atoms with Crippen molar-refractivity contribution in [2.24, 2.45) is 0 Å². The molecular formula is C14H13IN2O3. The van der Waals surface area contributed by atoms with Gasteiger partial charge in [-0.3, -0.25) is 9.59 Å². The van der Waals surface area contributed by atoms with E-state index >= 15 is 0 Å². The van der Waals surface area contributed by atoms with Gasteiger partial charge in [-0.2, -0.15) is 0 Å². The lowest BCUT2D eigenvalue weighted by Crippen LogP contribution is -2.35. The highest BCUT2D eigenvalue weighted by Gasteiger charge is 2.14. The maximum absolute atomic E-state index is 11.8. The van der Waals surface area contributed by atoms with Crippen molar-refractivity contribution in [3.63, 3.8) is 0 Å². The molecule has 20 heavy (non-hydrogen) atoms. The number of hydrogen-bond donors (Lipinski definition) is 2. The number of benzene rings is 1. The first kappa shape index (κ1) is 14.6. The Balaban J connectivity index is 1.92. The Bertz CT molecular complexity index is 623. The van der Waals surface area contributed by atoms with Crippen LogP contribution < -0.4 is 10.6 Å². The molecule has 0 saturated carbocycles. The Labute approximate surface area is 129 Å². The molecule has 1 heterocycles. The van der Waals surface area contributed by atoms with Gasteiger partial charge >= 0.3 is 11.8 Å². The van der Waals surface area contributed by atoms with Crippen LogP contribution in [0.4, 0.5) is 5.69 Å². The largest absolute Gasteiger partial charge is 0.467 e. The predicted molar refractivity (Wildman–Crippen MR) is 83.1 cm³/mol. The van der Waals surface area contributed by atoms with E-state index in [4.69, 9.17) is 4.42 Å². The van der Waals surface area contributed by atoms with Gasteiger partial charge in [0, 0.05) is 9.26 Å². The minimum absolute atomic E-state index is 0.185. The van der Waals surface area contributed by atoms with Gasteiger partial charge in [-0.15, -0.1) is 0 Å². The number of hydrogen-bond acceptors (Lipinski definition) is 3. The van der Waals surface area contributed by atoms with Gasteiger partial charge in [-0.05, 0) is 65.4 Å². The zero-order valence-electron chi connectivity index (χ0n) is 10.8. The van der Waals surface area contributed by atoms with E-state index in [0.29, 0.717) is 11.4 Å². The van der Waals surface area contributed by atoms with Crippen LogP contribution in [0.25, 0.3) is 0 Å². The number of aryl methyl sites for hydroxylation is 1. The molecule has 1 aromatic carbocycles. The molecule has 1 aromatic heterocycles. The van der Waals surface area contributed by atoms with Crippen molar-refractivity contribution in [1.29, 1.82) is 0 Å². The van der Waals surface area contributed by atoms with Crippen molar-refractivity contribution in [3.05, 3.63) is 51.5 Å². The molecule has 0 saturated heterocycles. The summed E-state index contributed by atoms with van der Waals surface area (Å²) >= 11 is 2.19. The van der Waals surface area contributed by atoms with Crippen molar-refractivity contribution in [3.8, 4) is 0 Å². The molecule has 2 aromatic rings. The number of nitrogens with one attached hydrogen (secondary N) is 2. The molecule has 5 nitrogen and oxygen atoms in total. The number of furan rings is 1. The standard InChI is InChI=1S/C14H13IN2O3/c1-9-7-10(15)4-5-12(9)17-14(19)13(18)16-8-11-3-2-6-20-11/h2-7H,8H2,1H3,(H,16,18)(H,17,19). The number of halogens is 1. The zero-order valence-corrected chi connectivity index (χ0v) is 12.9. The maximum atomic E-state index is 11.8. The first-order chi connectivity index (χ1) is 9.56. The van der Waals surface area contributed by atoms with E-state index in [1.807, 2.05) is 19.1 Å². The topological polar surface area (TPSA) is 71.3 Å². The fraction of sp³-hybridized carbons (Fsp3) is 0.143. The van der Waals surface area contributed by atoms with Gasteiger partial charge in [-0.25, -0.2) is 0 Å². The summed E-state index contributed by atoms with van der Waals surface area (Å²) in [6.45, 7) is 2.06. The lowest BCUT2D eigenvalue weighted by Gasteiger charge is -2.08. The lowest BCUT2D eigenvalue weighted by molar-refractivity contribution is -0.136. The third kappa shape index (κ3) is 3.83. The molecule has 2 amide bonds. The monoisotopic (exact) mass is 384 g/mol. The molecule has 2 N–H and O–H groups in total. The van der Waals surface area contributed by atoms with Crippen molar-refractivity contribution < 1.29 is 14.0 Å². The molecule has 0 fully saturated rings. The van der Waals surface area contributed by atoms with Crippen LogP contribution >= 0.6 is 22.6 Å². The third-order valence-corrected chi connectivity index (χ3v) is 3.32. The van der Waals surface area contributed by atoms with Crippen LogP contribution in [0.15, 0.2) is 41.0 Å². The summed E-state index contributed by atoms with van der Waals surface area (Å²) in [7, 11) is 0. The normalized spacial score (nSPS) is 10.1. The molecule has 6 heteroatoms. The summed E-state index contributed by atoms with van der Waals surface area (Å²) < 4.78 is 6.14. The molecule has 104 valence electrons. The first-order valence-electron chi connectivity index (χ1n) is 5.94. The maximum Gasteiger partial charge on any atom is 0.313 e. The van der Waals surface area contributed by atoms with Gasteiger partial charge in [0.1, 0.15) is 5.76 Å². The second kappa shape index (κ2) is 6.56. The summed E-state index contributed by atoms with van der Waals surface area (Å²) in [4.78, 5) is 23.4. The van der Waals surface area contributed by atoms with Gasteiger partial charge < -0.3 is 15.1 Å². The Kier molecular flexibility index (Phi) is 4.78. The Hall–Kier alpha value is -1.83. The summed E-state index contributed by atoms with van der Waals surface area (Å²) in [5.74, 6) is -0.795. The van der Waals surface area contributed by atoms with E-state index in [0.717, 1.165) is 9.13 Å². The van der Waals surface area contributed by atoms with Crippen LogP contribution in [0.1, 0.15) is 11.3 Å². The van der Waals surface area contributed by atoms with Crippen LogP contribution in [-0.2, 0) is 16.1 Å².